The van der Waals surface area contributed by atoms with Gasteiger partial charge in [-0.05, 0) is 129 Å². The fraction of sp³-hybridized carbons (Fsp3) is 0.333. The second kappa shape index (κ2) is 14.5. The summed E-state index contributed by atoms with van der Waals surface area (Å²) in [6.45, 7) is 12.3. The number of rotatable bonds is 7. The minimum atomic E-state index is -0.143. The van der Waals surface area contributed by atoms with E-state index in [-0.39, 0.29) is 47.2 Å². The standard InChI is InChI=1S/C48H52N2O8/c1-21-13-31-32(41-34(51)18-27-16-23(3)49-25(5)39(27)47(41)57-9)20-33(46(54)43(31)36(14-21)55-7)29-11-12-30-38(22(2)15-37(56-8)42(30)45(29)53)44-35(52)19-28-17-24(4)50-26(6)40(28)48(44)58-10/h11-15,18-20,23-26,49-54H,16-17H2,1-10H3/t23-,24+,25-,26+/m1/s1. The van der Waals surface area contributed by atoms with Crippen LogP contribution in [0.1, 0.15) is 73.2 Å². The highest BCUT2D eigenvalue weighted by molar-refractivity contribution is 6.13. The van der Waals surface area contributed by atoms with Crippen LogP contribution in [0.25, 0.3) is 54.9 Å². The van der Waals surface area contributed by atoms with Gasteiger partial charge >= 0.3 is 0 Å². The molecule has 2 aliphatic rings. The molecular weight excluding hydrogens is 733 g/mol. The Balaban J connectivity index is 1.44. The lowest BCUT2D eigenvalue weighted by Crippen LogP contribution is -2.36. The molecule has 0 spiro atoms. The summed E-state index contributed by atoms with van der Waals surface area (Å²) < 4.78 is 24.1. The van der Waals surface area contributed by atoms with Gasteiger partial charge in [-0.2, -0.15) is 0 Å². The van der Waals surface area contributed by atoms with Crippen LogP contribution in [0.4, 0.5) is 0 Å². The number of fused-ring (bicyclic) bond motifs is 4. The Labute approximate surface area is 339 Å². The first kappa shape index (κ1) is 39.0. The molecule has 2 aliphatic heterocycles. The normalized spacial score (nSPS) is 18.9. The van der Waals surface area contributed by atoms with E-state index in [2.05, 4.69) is 38.3 Å². The van der Waals surface area contributed by atoms with Gasteiger partial charge in [-0.1, -0.05) is 12.1 Å². The van der Waals surface area contributed by atoms with Crippen molar-refractivity contribution in [2.24, 2.45) is 0 Å². The second-order valence-corrected chi connectivity index (χ2v) is 16.1. The Kier molecular flexibility index (Phi) is 9.76. The maximum Gasteiger partial charge on any atom is 0.135 e. The summed E-state index contributed by atoms with van der Waals surface area (Å²) in [5.41, 5.74) is 8.53. The van der Waals surface area contributed by atoms with Crippen LogP contribution in [0.2, 0.25) is 0 Å². The smallest absolute Gasteiger partial charge is 0.135 e. The molecule has 4 atom stereocenters. The topological polar surface area (TPSA) is 142 Å². The Hall–Kier alpha value is -5.84. The van der Waals surface area contributed by atoms with Crippen molar-refractivity contribution >= 4 is 21.5 Å². The number of nitrogens with one attached hydrogen (secondary N) is 2. The number of hydrogen-bond donors (Lipinski definition) is 6. The molecule has 302 valence electrons. The van der Waals surface area contributed by atoms with Crippen molar-refractivity contribution in [2.75, 3.05) is 28.4 Å². The summed E-state index contributed by atoms with van der Waals surface area (Å²) in [7, 11) is 6.32. The lowest BCUT2D eigenvalue weighted by molar-refractivity contribution is 0.377. The van der Waals surface area contributed by atoms with Gasteiger partial charge in [-0.3, -0.25) is 0 Å². The average molecular weight is 785 g/mol. The zero-order valence-corrected chi connectivity index (χ0v) is 34.8. The molecule has 10 nitrogen and oxygen atoms in total. The van der Waals surface area contributed by atoms with E-state index in [4.69, 9.17) is 18.9 Å². The van der Waals surface area contributed by atoms with Crippen LogP contribution in [0.3, 0.4) is 0 Å². The van der Waals surface area contributed by atoms with Crippen molar-refractivity contribution in [3.05, 3.63) is 81.9 Å². The fourth-order valence-electron chi connectivity index (χ4n) is 9.96. The molecule has 0 bridgehead atoms. The van der Waals surface area contributed by atoms with Gasteiger partial charge in [0.25, 0.3) is 0 Å². The van der Waals surface area contributed by atoms with Crippen LogP contribution in [-0.4, -0.2) is 60.9 Å². The Bertz CT molecular complexity index is 2670. The van der Waals surface area contributed by atoms with Gasteiger partial charge in [0.1, 0.15) is 46.0 Å². The molecule has 0 unspecified atom stereocenters. The third-order valence-electron chi connectivity index (χ3n) is 12.2. The van der Waals surface area contributed by atoms with Crippen molar-refractivity contribution in [3.8, 4) is 79.4 Å². The molecule has 0 saturated heterocycles. The molecule has 0 aromatic heterocycles. The van der Waals surface area contributed by atoms with Crippen molar-refractivity contribution in [2.45, 2.75) is 78.6 Å². The van der Waals surface area contributed by atoms with E-state index < -0.39 is 0 Å². The van der Waals surface area contributed by atoms with Crippen LogP contribution >= 0.6 is 0 Å². The zero-order chi connectivity index (χ0) is 41.5. The third kappa shape index (κ3) is 5.91. The summed E-state index contributed by atoms with van der Waals surface area (Å²) in [4.78, 5) is 0. The summed E-state index contributed by atoms with van der Waals surface area (Å²) in [5.74, 6) is 1.80. The Morgan fingerprint density at radius 2 is 1.05 bits per heavy atom. The number of aryl methyl sites for hydroxylation is 2. The number of benzene rings is 6. The monoisotopic (exact) mass is 784 g/mol. The van der Waals surface area contributed by atoms with Crippen LogP contribution in [0, 0.1) is 13.8 Å². The summed E-state index contributed by atoms with van der Waals surface area (Å²) in [6.07, 6.45) is 1.46. The molecule has 6 aromatic carbocycles. The summed E-state index contributed by atoms with van der Waals surface area (Å²) in [6, 6.07) is 15.1. The first-order valence-electron chi connectivity index (χ1n) is 19.8. The van der Waals surface area contributed by atoms with Crippen molar-refractivity contribution < 1.29 is 39.4 Å². The van der Waals surface area contributed by atoms with E-state index >= 15 is 0 Å². The predicted molar refractivity (Wildman–Crippen MR) is 230 cm³/mol. The zero-order valence-electron chi connectivity index (χ0n) is 34.8. The number of ether oxygens (including phenoxy) is 4. The first-order chi connectivity index (χ1) is 27.7. The molecule has 58 heavy (non-hydrogen) atoms. The van der Waals surface area contributed by atoms with E-state index in [1.165, 1.54) is 0 Å². The molecule has 2 heterocycles. The van der Waals surface area contributed by atoms with E-state index in [0.29, 0.717) is 77.9 Å². The minimum absolute atomic E-state index is 0.0278. The van der Waals surface area contributed by atoms with E-state index in [1.807, 2.05) is 50.2 Å². The second-order valence-electron chi connectivity index (χ2n) is 16.1. The van der Waals surface area contributed by atoms with Crippen molar-refractivity contribution in [3.63, 3.8) is 0 Å². The SMILES string of the molecule is COc1c(-c2c(C)cc(OC)c3c(O)c(-c4cc(-c5c(O)cc6c(c5OC)[C@@H](C)N[C@H](C)C6)c5cc(C)cc(OC)c5c4O)ccc23)c(O)cc2c1[C@H](C)N[C@@H](C)C2. The molecule has 0 amide bonds. The highest BCUT2D eigenvalue weighted by atomic mass is 16.5. The number of phenolic OH excluding ortho intramolecular Hbond substituents is 4. The molecule has 6 N–H and O–H groups in total. The maximum atomic E-state index is 12.5. The number of aromatic hydroxyl groups is 4. The summed E-state index contributed by atoms with van der Waals surface area (Å²) in [5, 5.41) is 57.8. The van der Waals surface area contributed by atoms with Gasteiger partial charge in [-0.25, -0.2) is 0 Å². The molecular formula is C48H52N2O8. The third-order valence-corrected chi connectivity index (χ3v) is 12.2. The predicted octanol–water partition coefficient (Wildman–Crippen LogP) is 9.66. The quantitative estimate of drug-likeness (QED) is 0.0927. The van der Waals surface area contributed by atoms with Gasteiger partial charge in [0.15, 0.2) is 0 Å². The largest absolute Gasteiger partial charge is 0.507 e. The molecule has 6 aromatic rings. The number of methoxy groups -OCH3 is 4. The van der Waals surface area contributed by atoms with Crippen molar-refractivity contribution in [1.82, 2.24) is 10.6 Å². The van der Waals surface area contributed by atoms with Crippen LogP contribution in [0.5, 0.6) is 46.0 Å². The molecule has 0 radical (unpaired) electrons. The van der Waals surface area contributed by atoms with Crippen LogP contribution in [0.15, 0.2) is 48.5 Å². The lowest BCUT2D eigenvalue weighted by atomic mass is 9.83. The number of phenols is 4. The van der Waals surface area contributed by atoms with Gasteiger partial charge in [0, 0.05) is 52.0 Å². The maximum absolute atomic E-state index is 12.5. The molecule has 0 saturated carbocycles. The fourth-order valence-corrected chi connectivity index (χ4v) is 9.96. The average Bonchev–Trinajstić information content (AvgIpc) is 3.17. The van der Waals surface area contributed by atoms with Crippen molar-refractivity contribution in [1.29, 1.82) is 0 Å². The first-order valence-corrected chi connectivity index (χ1v) is 19.8. The highest BCUT2D eigenvalue weighted by Crippen LogP contribution is 2.56. The van der Waals surface area contributed by atoms with Gasteiger partial charge in [0.2, 0.25) is 0 Å². The minimum Gasteiger partial charge on any atom is -0.507 e. The molecule has 10 heteroatoms. The van der Waals surface area contributed by atoms with Gasteiger partial charge in [-0.15, -0.1) is 0 Å². The summed E-state index contributed by atoms with van der Waals surface area (Å²) >= 11 is 0. The van der Waals surface area contributed by atoms with E-state index in [0.717, 1.165) is 46.2 Å². The Morgan fingerprint density at radius 3 is 1.62 bits per heavy atom. The van der Waals surface area contributed by atoms with E-state index in [9.17, 15) is 20.4 Å². The van der Waals surface area contributed by atoms with E-state index in [1.54, 1.807) is 40.6 Å². The van der Waals surface area contributed by atoms with Crippen LogP contribution < -0.4 is 29.6 Å². The molecule has 0 aliphatic carbocycles. The number of hydrogen-bond acceptors (Lipinski definition) is 10. The highest BCUT2D eigenvalue weighted by Gasteiger charge is 2.33. The van der Waals surface area contributed by atoms with Gasteiger partial charge in [0.05, 0.1) is 50.3 Å². The van der Waals surface area contributed by atoms with Gasteiger partial charge < -0.3 is 50.0 Å². The van der Waals surface area contributed by atoms with Crippen LogP contribution in [-0.2, 0) is 12.8 Å². The lowest BCUT2D eigenvalue weighted by Gasteiger charge is -2.32. The molecule has 0 fully saturated rings. The Morgan fingerprint density at radius 1 is 0.534 bits per heavy atom. The molecule has 8 rings (SSSR count).